The molecule has 0 fully saturated rings. The summed E-state index contributed by atoms with van der Waals surface area (Å²) < 4.78 is 0. The molecular weight excluding hydrogens is 252 g/mol. The van der Waals surface area contributed by atoms with Crippen LogP contribution in [0.15, 0.2) is 30.3 Å². The van der Waals surface area contributed by atoms with Crippen LogP contribution in [0.1, 0.15) is 39.7 Å². The number of carbonyl (C=O) groups excluding carboxylic acids is 2. The number of hydrogen-bond donors (Lipinski definition) is 2. The lowest BCUT2D eigenvalue weighted by Gasteiger charge is -2.24. The van der Waals surface area contributed by atoms with E-state index in [4.69, 9.17) is 0 Å². The Morgan fingerprint density at radius 1 is 1.15 bits per heavy atom. The molecule has 0 saturated heterocycles. The molecule has 0 radical (unpaired) electrons. The Labute approximate surface area is 121 Å². The van der Waals surface area contributed by atoms with Crippen LogP contribution in [0.3, 0.4) is 0 Å². The van der Waals surface area contributed by atoms with E-state index in [0.717, 1.165) is 12.0 Å². The largest absolute Gasteiger partial charge is 0.353 e. The van der Waals surface area contributed by atoms with Gasteiger partial charge in [-0.1, -0.05) is 37.3 Å². The zero-order valence-corrected chi connectivity index (χ0v) is 12.7. The summed E-state index contributed by atoms with van der Waals surface area (Å²) >= 11 is 0. The van der Waals surface area contributed by atoms with E-state index < -0.39 is 5.41 Å². The number of carbonyl (C=O) groups is 2. The SMILES string of the molecule is CCC(C)NC(=O)C(C)(C)C(=O)NCc1ccccc1. The smallest absolute Gasteiger partial charge is 0.235 e. The molecule has 4 nitrogen and oxygen atoms in total. The highest BCUT2D eigenvalue weighted by molar-refractivity contribution is 6.04. The molecule has 4 heteroatoms. The van der Waals surface area contributed by atoms with Gasteiger partial charge in [-0.05, 0) is 32.8 Å². The van der Waals surface area contributed by atoms with Crippen LogP contribution in [-0.2, 0) is 16.1 Å². The third-order valence-electron chi connectivity index (χ3n) is 3.42. The molecule has 1 atom stereocenters. The summed E-state index contributed by atoms with van der Waals surface area (Å²) in [6.07, 6.45) is 0.841. The summed E-state index contributed by atoms with van der Waals surface area (Å²) in [5, 5.41) is 5.66. The molecule has 20 heavy (non-hydrogen) atoms. The predicted molar refractivity (Wildman–Crippen MR) is 80.0 cm³/mol. The topological polar surface area (TPSA) is 58.2 Å². The zero-order chi connectivity index (χ0) is 15.2. The van der Waals surface area contributed by atoms with E-state index in [2.05, 4.69) is 10.6 Å². The fraction of sp³-hybridized carbons (Fsp3) is 0.500. The van der Waals surface area contributed by atoms with E-state index in [1.165, 1.54) is 0 Å². The highest BCUT2D eigenvalue weighted by Crippen LogP contribution is 2.16. The summed E-state index contributed by atoms with van der Waals surface area (Å²) in [4.78, 5) is 24.3. The van der Waals surface area contributed by atoms with E-state index in [-0.39, 0.29) is 17.9 Å². The third kappa shape index (κ3) is 4.37. The average Bonchev–Trinajstić information content (AvgIpc) is 2.45. The van der Waals surface area contributed by atoms with Crippen molar-refractivity contribution in [1.82, 2.24) is 10.6 Å². The molecule has 0 aliphatic carbocycles. The second-order valence-corrected chi connectivity index (χ2v) is 5.58. The van der Waals surface area contributed by atoms with Gasteiger partial charge >= 0.3 is 0 Å². The van der Waals surface area contributed by atoms with Gasteiger partial charge in [-0.15, -0.1) is 0 Å². The molecule has 1 aromatic carbocycles. The number of hydrogen-bond acceptors (Lipinski definition) is 2. The molecule has 1 unspecified atom stereocenters. The average molecular weight is 276 g/mol. The minimum Gasteiger partial charge on any atom is -0.353 e. The van der Waals surface area contributed by atoms with Crippen LogP contribution < -0.4 is 10.6 Å². The number of benzene rings is 1. The lowest BCUT2D eigenvalue weighted by molar-refractivity contribution is -0.141. The van der Waals surface area contributed by atoms with Crippen molar-refractivity contribution in [3.05, 3.63) is 35.9 Å². The van der Waals surface area contributed by atoms with Gasteiger partial charge in [-0.25, -0.2) is 0 Å². The van der Waals surface area contributed by atoms with Crippen LogP contribution in [0.2, 0.25) is 0 Å². The maximum Gasteiger partial charge on any atom is 0.235 e. The Morgan fingerprint density at radius 2 is 1.75 bits per heavy atom. The van der Waals surface area contributed by atoms with Gasteiger partial charge in [-0.3, -0.25) is 9.59 Å². The third-order valence-corrected chi connectivity index (χ3v) is 3.42. The van der Waals surface area contributed by atoms with Gasteiger partial charge < -0.3 is 10.6 Å². The summed E-state index contributed by atoms with van der Waals surface area (Å²) in [5.74, 6) is -0.500. The van der Waals surface area contributed by atoms with Crippen LogP contribution in [0, 0.1) is 5.41 Å². The van der Waals surface area contributed by atoms with Crippen LogP contribution >= 0.6 is 0 Å². The van der Waals surface area contributed by atoms with Crippen molar-refractivity contribution < 1.29 is 9.59 Å². The molecule has 0 bridgehead atoms. The normalized spacial score (nSPS) is 12.6. The molecule has 0 aromatic heterocycles. The van der Waals surface area contributed by atoms with Gasteiger partial charge in [0.2, 0.25) is 11.8 Å². The number of nitrogens with one attached hydrogen (secondary N) is 2. The van der Waals surface area contributed by atoms with Gasteiger partial charge in [0.15, 0.2) is 0 Å². The van der Waals surface area contributed by atoms with Crippen molar-refractivity contribution in [2.24, 2.45) is 5.41 Å². The van der Waals surface area contributed by atoms with E-state index in [0.29, 0.717) is 6.54 Å². The van der Waals surface area contributed by atoms with Crippen LogP contribution in [-0.4, -0.2) is 17.9 Å². The first-order chi connectivity index (χ1) is 9.37. The van der Waals surface area contributed by atoms with Crippen molar-refractivity contribution in [2.45, 2.75) is 46.7 Å². The molecular formula is C16H24N2O2. The minimum absolute atomic E-state index is 0.0729. The van der Waals surface area contributed by atoms with Crippen LogP contribution in [0.5, 0.6) is 0 Å². The van der Waals surface area contributed by atoms with Crippen molar-refractivity contribution >= 4 is 11.8 Å². The van der Waals surface area contributed by atoms with Crippen LogP contribution in [0.4, 0.5) is 0 Å². The van der Waals surface area contributed by atoms with Crippen molar-refractivity contribution in [3.8, 4) is 0 Å². The monoisotopic (exact) mass is 276 g/mol. The molecule has 2 amide bonds. The highest BCUT2D eigenvalue weighted by Gasteiger charge is 2.36. The molecule has 0 aliphatic heterocycles. The summed E-state index contributed by atoms with van der Waals surface area (Å²) in [6, 6.07) is 9.71. The first-order valence-corrected chi connectivity index (χ1v) is 7.01. The van der Waals surface area contributed by atoms with Gasteiger partial charge in [0, 0.05) is 12.6 Å². The van der Waals surface area contributed by atoms with Crippen molar-refractivity contribution in [2.75, 3.05) is 0 Å². The second-order valence-electron chi connectivity index (χ2n) is 5.58. The molecule has 0 heterocycles. The van der Waals surface area contributed by atoms with E-state index in [1.54, 1.807) is 13.8 Å². The molecule has 0 aliphatic rings. The molecule has 0 spiro atoms. The Bertz CT molecular complexity index is 455. The molecule has 0 saturated carbocycles. The number of amides is 2. The number of rotatable bonds is 6. The zero-order valence-electron chi connectivity index (χ0n) is 12.7. The first kappa shape index (κ1) is 16.2. The Morgan fingerprint density at radius 3 is 2.30 bits per heavy atom. The van der Waals surface area contributed by atoms with E-state index in [9.17, 15) is 9.59 Å². The molecule has 1 rings (SSSR count). The fourth-order valence-corrected chi connectivity index (χ4v) is 1.61. The lowest BCUT2D eigenvalue weighted by atomic mass is 9.90. The molecule has 2 N–H and O–H groups in total. The Kier molecular flexibility index (Phi) is 5.74. The first-order valence-electron chi connectivity index (χ1n) is 7.01. The van der Waals surface area contributed by atoms with Crippen molar-refractivity contribution in [1.29, 1.82) is 0 Å². The summed E-state index contributed by atoms with van der Waals surface area (Å²) in [6.45, 7) is 7.64. The molecule has 1 aromatic rings. The lowest BCUT2D eigenvalue weighted by Crippen LogP contribution is -2.49. The Hall–Kier alpha value is -1.84. The summed E-state index contributed by atoms with van der Waals surface area (Å²) in [5.41, 5.74) is -0.0583. The predicted octanol–water partition coefficient (Wildman–Crippen LogP) is 2.24. The van der Waals surface area contributed by atoms with Crippen molar-refractivity contribution in [3.63, 3.8) is 0 Å². The highest BCUT2D eigenvalue weighted by atomic mass is 16.2. The maximum atomic E-state index is 12.2. The van der Waals surface area contributed by atoms with E-state index >= 15 is 0 Å². The van der Waals surface area contributed by atoms with Gasteiger partial charge in [-0.2, -0.15) is 0 Å². The fourth-order valence-electron chi connectivity index (χ4n) is 1.61. The quantitative estimate of drug-likeness (QED) is 0.783. The molecule has 110 valence electrons. The summed E-state index contributed by atoms with van der Waals surface area (Å²) in [7, 11) is 0. The Balaban J connectivity index is 2.58. The van der Waals surface area contributed by atoms with E-state index in [1.807, 2.05) is 44.2 Å². The van der Waals surface area contributed by atoms with Crippen LogP contribution in [0.25, 0.3) is 0 Å². The minimum atomic E-state index is -1.07. The standard InChI is InChI=1S/C16H24N2O2/c1-5-12(2)18-15(20)16(3,4)14(19)17-11-13-9-7-6-8-10-13/h6-10,12H,5,11H2,1-4H3,(H,17,19)(H,18,20). The maximum absolute atomic E-state index is 12.2. The van der Waals surface area contributed by atoms with Gasteiger partial charge in [0.1, 0.15) is 5.41 Å². The van der Waals surface area contributed by atoms with Gasteiger partial charge in [0.05, 0.1) is 0 Å². The second kappa shape index (κ2) is 7.08. The van der Waals surface area contributed by atoms with Gasteiger partial charge in [0.25, 0.3) is 0 Å².